The average Bonchev–Trinajstić information content (AvgIpc) is 3.03. The summed E-state index contributed by atoms with van der Waals surface area (Å²) in [7, 11) is 0. The molecule has 0 saturated carbocycles. The number of carbonyl (C=O) groups excluding carboxylic acids is 4. The predicted molar refractivity (Wildman–Crippen MR) is 201 cm³/mol. The molecule has 8 nitrogen and oxygen atoms in total. The van der Waals surface area contributed by atoms with Crippen LogP contribution >= 0.6 is 0 Å². The van der Waals surface area contributed by atoms with Crippen LogP contribution in [-0.4, -0.2) is 74.6 Å². The van der Waals surface area contributed by atoms with Crippen molar-refractivity contribution in [2.24, 2.45) is 11.8 Å². The second-order valence-corrected chi connectivity index (χ2v) is 14.6. The van der Waals surface area contributed by atoms with Crippen LogP contribution in [0.5, 0.6) is 0 Å². The zero-order valence-electron chi connectivity index (χ0n) is 32.5. The molecule has 0 aromatic heterocycles. The summed E-state index contributed by atoms with van der Waals surface area (Å²) in [5.74, 6) is -1.15. The van der Waals surface area contributed by atoms with Crippen molar-refractivity contribution in [2.75, 3.05) is 13.1 Å². The molecule has 0 fully saturated rings. The fourth-order valence-corrected chi connectivity index (χ4v) is 5.73. The van der Waals surface area contributed by atoms with Gasteiger partial charge in [0.2, 0.25) is 11.8 Å². The minimum absolute atomic E-state index is 0. The molecule has 284 valence electrons. The van der Waals surface area contributed by atoms with Crippen LogP contribution < -0.4 is 20.8 Å². The monoisotopic (exact) mass is 721 g/mol. The molecule has 0 rings (SSSR count). The van der Waals surface area contributed by atoms with Gasteiger partial charge in [-0.3, -0.25) is 9.59 Å². The first-order valence-electron chi connectivity index (χ1n) is 20.0. The van der Waals surface area contributed by atoms with E-state index in [1.807, 2.05) is 0 Å². The summed E-state index contributed by atoms with van der Waals surface area (Å²) in [6.45, 7) is 8.43. The Bertz CT molecular complexity index is 701. The molecule has 0 aliphatic heterocycles. The second-order valence-electron chi connectivity index (χ2n) is 14.6. The Morgan fingerprint density at radius 2 is 0.592 bits per heavy atom. The van der Waals surface area contributed by atoms with Crippen molar-refractivity contribution in [3.8, 4) is 0 Å². The molecule has 0 aliphatic rings. The van der Waals surface area contributed by atoms with E-state index in [9.17, 15) is 29.4 Å². The maximum atomic E-state index is 11.3. The molecular weight excluding hydrogens is 645 g/mol. The van der Waals surface area contributed by atoms with Gasteiger partial charge in [-0.25, -0.2) is 0 Å². The summed E-state index contributed by atoms with van der Waals surface area (Å²) in [6, 6.07) is 0. The number of hydrogen-bond donors (Lipinski definition) is 2. The van der Waals surface area contributed by atoms with Gasteiger partial charge in [-0.15, -0.1) is 0 Å². The van der Waals surface area contributed by atoms with E-state index in [1.54, 1.807) is 0 Å². The molecule has 0 heterocycles. The first-order chi connectivity index (χ1) is 23.0. The van der Waals surface area contributed by atoms with Crippen LogP contribution in [0.1, 0.15) is 207 Å². The minimum Gasteiger partial charge on any atom is -0.548 e. The molecule has 0 bridgehead atoms. The Balaban J connectivity index is -0.000000846. The van der Waals surface area contributed by atoms with Gasteiger partial charge in [-0.2, -0.15) is 0 Å². The first-order valence-corrected chi connectivity index (χ1v) is 20.0. The number of aliphatic carboxylic acids is 2. The number of nitrogens with one attached hydrogen (secondary N) is 2. The minimum atomic E-state index is -1.24. The molecule has 0 aromatic rings. The third kappa shape index (κ3) is 51.6. The molecule has 0 saturated heterocycles. The Labute approximate surface area is 331 Å². The van der Waals surface area contributed by atoms with Crippen molar-refractivity contribution in [3.05, 3.63) is 0 Å². The van der Waals surface area contributed by atoms with E-state index in [0.29, 0.717) is 12.8 Å². The summed E-state index contributed by atoms with van der Waals surface area (Å²) >= 11 is 0. The molecule has 0 radical (unpaired) electrons. The van der Waals surface area contributed by atoms with Gasteiger partial charge in [0.05, 0.1) is 25.0 Å². The van der Waals surface area contributed by atoms with Crippen molar-refractivity contribution in [3.63, 3.8) is 0 Å². The molecule has 2 N–H and O–H groups in total. The van der Waals surface area contributed by atoms with Crippen molar-refractivity contribution in [1.29, 1.82) is 0 Å². The van der Waals surface area contributed by atoms with E-state index >= 15 is 0 Å². The van der Waals surface area contributed by atoms with Crippen LogP contribution in [0, 0.1) is 11.8 Å². The fraction of sp³-hybridized carbons (Fsp3) is 0.900. The predicted octanol–water partition coefficient (Wildman–Crippen LogP) is 7.56. The molecule has 0 aliphatic carbocycles. The van der Waals surface area contributed by atoms with Crippen LogP contribution in [-0.2, 0) is 19.2 Å². The Hall–Kier alpha value is -0.860. The molecule has 9 heteroatoms. The third-order valence-corrected chi connectivity index (χ3v) is 8.73. The smallest absolute Gasteiger partial charge is 0.548 e. The van der Waals surface area contributed by atoms with E-state index in [1.165, 1.54) is 141 Å². The molecule has 0 aromatic carbocycles. The topological polar surface area (TPSA) is 138 Å². The summed E-state index contributed by atoms with van der Waals surface area (Å²) in [5, 5.41) is 25.0. The number of rotatable bonds is 34. The maximum Gasteiger partial charge on any atom is 2.00 e. The van der Waals surface area contributed by atoms with Crippen molar-refractivity contribution < 1.29 is 29.4 Å². The van der Waals surface area contributed by atoms with E-state index in [2.05, 4.69) is 38.3 Å². The van der Waals surface area contributed by atoms with Gasteiger partial charge in [-0.1, -0.05) is 182 Å². The summed E-state index contributed by atoms with van der Waals surface area (Å²) in [5.41, 5.74) is 0. The van der Waals surface area contributed by atoms with Gasteiger partial charge >= 0.3 is 37.7 Å². The molecule has 0 spiro atoms. The fourth-order valence-electron chi connectivity index (χ4n) is 5.73. The van der Waals surface area contributed by atoms with Crippen LogP contribution in [0.25, 0.3) is 0 Å². The zero-order valence-corrected chi connectivity index (χ0v) is 34.7. The van der Waals surface area contributed by atoms with Gasteiger partial charge in [0.1, 0.15) is 0 Å². The SMILES string of the molecule is CC(C)CCCCCCCCCCCCCCC(=O)NCC(=O)[O-].CC(C)CCCCCCCCCCCCCCC(=O)NCC(=O)[O-].[Ca+2]. The van der Waals surface area contributed by atoms with Crippen molar-refractivity contribution in [2.45, 2.75) is 207 Å². The Morgan fingerprint density at radius 3 is 0.796 bits per heavy atom. The van der Waals surface area contributed by atoms with E-state index in [-0.39, 0.29) is 62.6 Å². The molecule has 49 heavy (non-hydrogen) atoms. The number of hydrogen-bond acceptors (Lipinski definition) is 6. The normalized spacial score (nSPS) is 10.7. The Kier molecular flexibility index (Phi) is 44.5. The number of carbonyl (C=O) groups is 4. The number of carboxylic acids is 2. The molecule has 0 atom stereocenters. The van der Waals surface area contributed by atoms with Gasteiger partial charge in [0.15, 0.2) is 0 Å². The van der Waals surface area contributed by atoms with Crippen LogP contribution in [0.3, 0.4) is 0 Å². The molecule has 2 amide bonds. The van der Waals surface area contributed by atoms with Crippen molar-refractivity contribution in [1.82, 2.24) is 10.6 Å². The van der Waals surface area contributed by atoms with E-state index < -0.39 is 11.9 Å². The van der Waals surface area contributed by atoms with Gasteiger partial charge < -0.3 is 30.4 Å². The zero-order chi connectivity index (χ0) is 36.1. The Morgan fingerprint density at radius 1 is 0.388 bits per heavy atom. The van der Waals surface area contributed by atoms with Gasteiger partial charge in [0.25, 0.3) is 0 Å². The summed E-state index contributed by atoms with van der Waals surface area (Å²) in [6.07, 6.45) is 34.1. The number of amides is 2. The van der Waals surface area contributed by atoms with Crippen LogP contribution in [0.15, 0.2) is 0 Å². The maximum absolute atomic E-state index is 11.3. The van der Waals surface area contributed by atoms with E-state index in [0.717, 1.165) is 37.5 Å². The second kappa shape index (κ2) is 41.6. The molecule has 0 unspecified atom stereocenters. The molecular formula is C40H76CaN2O6. The van der Waals surface area contributed by atoms with Gasteiger partial charge in [-0.05, 0) is 24.7 Å². The van der Waals surface area contributed by atoms with Crippen LogP contribution in [0.4, 0.5) is 0 Å². The standard InChI is InChI=1S/2C20H39NO3.Ca/c2*1-18(2)15-13-11-9-7-5-3-4-6-8-10-12-14-16-19(22)21-17-20(23)24;/h2*18H,3-17H2,1-2H3,(H,21,22)(H,23,24);/q;;+2/p-2. The largest absolute Gasteiger partial charge is 2.00 e. The van der Waals surface area contributed by atoms with Gasteiger partial charge in [0, 0.05) is 12.8 Å². The van der Waals surface area contributed by atoms with Crippen LogP contribution in [0.2, 0.25) is 0 Å². The third-order valence-electron chi connectivity index (χ3n) is 8.73. The quantitative estimate of drug-likeness (QED) is 0.0520. The summed E-state index contributed by atoms with van der Waals surface area (Å²) < 4.78 is 0. The van der Waals surface area contributed by atoms with E-state index in [4.69, 9.17) is 0 Å². The summed E-state index contributed by atoms with van der Waals surface area (Å²) in [4.78, 5) is 42.9. The van der Waals surface area contributed by atoms with Crippen molar-refractivity contribution >= 4 is 61.5 Å². The number of carboxylic acid groups (broad SMARTS) is 2. The first kappa shape index (κ1) is 52.5. The average molecular weight is 721 g/mol. The number of unbranched alkanes of at least 4 members (excludes halogenated alkanes) is 22.